The molecule has 0 aliphatic rings. The molecule has 15 heavy (non-hydrogen) atoms. The summed E-state index contributed by atoms with van der Waals surface area (Å²) in [6.45, 7) is 6.68. The van der Waals surface area contributed by atoms with Gasteiger partial charge < -0.3 is 5.73 Å². The molecule has 0 amide bonds. The van der Waals surface area contributed by atoms with Crippen LogP contribution in [0.25, 0.3) is 0 Å². The van der Waals surface area contributed by atoms with Crippen molar-refractivity contribution in [3.63, 3.8) is 0 Å². The quantitative estimate of drug-likeness (QED) is 0.795. The average molecular weight is 241 g/mol. The van der Waals surface area contributed by atoms with E-state index in [0.29, 0.717) is 10.9 Å². The monoisotopic (exact) mass is 241 g/mol. The van der Waals surface area contributed by atoms with Crippen LogP contribution in [0.1, 0.15) is 42.9 Å². The minimum atomic E-state index is 0.466. The van der Waals surface area contributed by atoms with Crippen molar-refractivity contribution in [3.8, 4) is 0 Å². The summed E-state index contributed by atoms with van der Waals surface area (Å²) >= 11 is 6.83. The van der Waals surface area contributed by atoms with Crippen LogP contribution in [-0.2, 0) is 6.42 Å². The highest BCUT2D eigenvalue weighted by Gasteiger charge is 2.10. The van der Waals surface area contributed by atoms with Crippen molar-refractivity contribution in [3.05, 3.63) is 21.9 Å². The molecule has 0 saturated heterocycles. The molecular weight excluding hydrogens is 222 g/mol. The molecule has 84 valence electrons. The van der Waals surface area contributed by atoms with Crippen LogP contribution < -0.4 is 5.73 Å². The van der Waals surface area contributed by atoms with E-state index < -0.39 is 0 Å². The maximum absolute atomic E-state index is 5.55. The van der Waals surface area contributed by atoms with Gasteiger partial charge in [-0.1, -0.05) is 33.0 Å². The molecule has 0 bridgehead atoms. The minimum Gasteiger partial charge on any atom is -0.393 e. The number of thiophene rings is 1. The van der Waals surface area contributed by atoms with Crippen LogP contribution in [0.5, 0.6) is 0 Å². The first-order valence-electron chi connectivity index (χ1n) is 5.36. The van der Waals surface area contributed by atoms with Gasteiger partial charge in [-0.05, 0) is 30.4 Å². The first-order chi connectivity index (χ1) is 6.99. The van der Waals surface area contributed by atoms with E-state index in [1.807, 2.05) is 11.3 Å². The van der Waals surface area contributed by atoms with Crippen molar-refractivity contribution in [2.45, 2.75) is 39.5 Å². The van der Waals surface area contributed by atoms with Crippen LogP contribution in [0, 0.1) is 5.92 Å². The van der Waals surface area contributed by atoms with Crippen LogP contribution >= 0.6 is 23.6 Å². The Morgan fingerprint density at radius 1 is 1.40 bits per heavy atom. The summed E-state index contributed by atoms with van der Waals surface area (Å²) in [6, 6.07) is 4.45. The van der Waals surface area contributed by atoms with Gasteiger partial charge in [0.15, 0.2) is 0 Å². The molecule has 1 aromatic rings. The Balaban J connectivity index is 2.62. The number of rotatable bonds is 5. The van der Waals surface area contributed by atoms with Crippen LogP contribution in [-0.4, -0.2) is 4.99 Å². The normalized spacial score (nSPS) is 13.1. The largest absolute Gasteiger partial charge is 0.393 e. The Kier molecular flexibility index (Phi) is 4.74. The van der Waals surface area contributed by atoms with Gasteiger partial charge in [-0.3, -0.25) is 0 Å². The van der Waals surface area contributed by atoms with Crippen molar-refractivity contribution in [2.75, 3.05) is 0 Å². The highest BCUT2D eigenvalue weighted by atomic mass is 32.1. The highest BCUT2D eigenvalue weighted by Crippen LogP contribution is 2.28. The van der Waals surface area contributed by atoms with E-state index >= 15 is 0 Å². The Morgan fingerprint density at radius 2 is 2.07 bits per heavy atom. The molecule has 1 rings (SSSR count). The van der Waals surface area contributed by atoms with Crippen LogP contribution in [0.4, 0.5) is 0 Å². The summed E-state index contributed by atoms with van der Waals surface area (Å²) in [5, 5.41) is 0. The van der Waals surface area contributed by atoms with Gasteiger partial charge in [0.1, 0.15) is 0 Å². The highest BCUT2D eigenvalue weighted by molar-refractivity contribution is 7.80. The van der Waals surface area contributed by atoms with Gasteiger partial charge in [-0.15, -0.1) is 11.3 Å². The molecule has 0 saturated carbocycles. The van der Waals surface area contributed by atoms with Crippen LogP contribution in [0.2, 0.25) is 0 Å². The zero-order chi connectivity index (χ0) is 11.4. The molecule has 0 spiro atoms. The predicted octanol–water partition coefficient (Wildman–Crippen LogP) is 3.73. The van der Waals surface area contributed by atoms with Crippen molar-refractivity contribution in [1.29, 1.82) is 0 Å². The summed E-state index contributed by atoms with van der Waals surface area (Å²) in [6.07, 6.45) is 1.99. The van der Waals surface area contributed by atoms with Gasteiger partial charge in [0.05, 0.1) is 4.99 Å². The Morgan fingerprint density at radius 3 is 2.60 bits per heavy atom. The van der Waals surface area contributed by atoms with Crippen molar-refractivity contribution >= 4 is 28.5 Å². The third-order valence-corrected chi connectivity index (χ3v) is 3.79. The third-order valence-electron chi connectivity index (χ3n) is 2.28. The van der Waals surface area contributed by atoms with E-state index in [-0.39, 0.29) is 0 Å². The lowest BCUT2D eigenvalue weighted by Crippen LogP contribution is -2.10. The molecule has 3 heteroatoms. The maximum atomic E-state index is 5.55. The standard InChI is InChI=1S/C12H19NS2/c1-8(2)6-10-4-5-11(15-10)9(3)7-12(13)14/h4-5,8-9H,6-7H2,1-3H3,(H2,13,14). The minimum absolute atomic E-state index is 0.466. The number of hydrogen-bond acceptors (Lipinski definition) is 2. The summed E-state index contributed by atoms with van der Waals surface area (Å²) in [5.41, 5.74) is 5.55. The molecule has 0 aliphatic heterocycles. The average Bonchev–Trinajstić information content (AvgIpc) is 2.50. The second-order valence-electron chi connectivity index (χ2n) is 4.47. The third kappa shape index (κ3) is 4.31. The van der Waals surface area contributed by atoms with Gasteiger partial charge in [-0.25, -0.2) is 0 Å². The molecule has 1 atom stereocenters. The first kappa shape index (κ1) is 12.7. The van der Waals surface area contributed by atoms with E-state index in [1.54, 1.807) is 0 Å². The van der Waals surface area contributed by atoms with E-state index in [4.69, 9.17) is 18.0 Å². The fourth-order valence-electron chi connectivity index (χ4n) is 1.57. The van der Waals surface area contributed by atoms with Gasteiger partial charge in [0.25, 0.3) is 0 Å². The lowest BCUT2D eigenvalue weighted by Gasteiger charge is -2.07. The zero-order valence-electron chi connectivity index (χ0n) is 9.62. The smallest absolute Gasteiger partial charge is 0.0733 e. The molecular formula is C12H19NS2. The molecule has 0 radical (unpaired) electrons. The summed E-state index contributed by atoms with van der Waals surface area (Å²) < 4.78 is 0. The predicted molar refractivity (Wildman–Crippen MR) is 72.7 cm³/mol. The Labute approximate surface area is 102 Å². The zero-order valence-corrected chi connectivity index (χ0v) is 11.3. The number of nitrogens with two attached hydrogens (primary N) is 1. The lowest BCUT2D eigenvalue weighted by atomic mass is 10.1. The fourth-order valence-corrected chi connectivity index (χ4v) is 3.10. The topological polar surface area (TPSA) is 26.0 Å². The van der Waals surface area contributed by atoms with Crippen LogP contribution in [0.3, 0.4) is 0 Å². The van der Waals surface area contributed by atoms with Gasteiger partial charge in [0, 0.05) is 16.2 Å². The van der Waals surface area contributed by atoms with E-state index in [1.165, 1.54) is 16.2 Å². The van der Waals surface area contributed by atoms with Crippen molar-refractivity contribution in [2.24, 2.45) is 11.7 Å². The summed E-state index contributed by atoms with van der Waals surface area (Å²) in [4.78, 5) is 3.48. The lowest BCUT2D eigenvalue weighted by molar-refractivity contribution is 0.654. The molecule has 1 heterocycles. The van der Waals surface area contributed by atoms with Gasteiger partial charge >= 0.3 is 0 Å². The molecule has 1 aromatic heterocycles. The molecule has 0 fully saturated rings. The van der Waals surface area contributed by atoms with E-state index in [0.717, 1.165) is 12.3 Å². The maximum Gasteiger partial charge on any atom is 0.0733 e. The van der Waals surface area contributed by atoms with Gasteiger partial charge in [-0.2, -0.15) is 0 Å². The number of thiocarbonyl (C=S) groups is 1. The first-order valence-corrected chi connectivity index (χ1v) is 6.58. The second kappa shape index (κ2) is 5.61. The molecule has 0 aliphatic carbocycles. The van der Waals surface area contributed by atoms with Crippen LogP contribution in [0.15, 0.2) is 12.1 Å². The number of hydrogen-bond donors (Lipinski definition) is 1. The molecule has 1 nitrogen and oxygen atoms in total. The van der Waals surface area contributed by atoms with E-state index in [2.05, 4.69) is 32.9 Å². The van der Waals surface area contributed by atoms with Gasteiger partial charge in [0.2, 0.25) is 0 Å². The molecule has 1 unspecified atom stereocenters. The Hall–Kier alpha value is -0.410. The van der Waals surface area contributed by atoms with Crippen molar-refractivity contribution < 1.29 is 0 Å². The second-order valence-corrected chi connectivity index (χ2v) is 6.20. The summed E-state index contributed by atoms with van der Waals surface area (Å²) in [5.74, 6) is 1.19. The SMILES string of the molecule is CC(C)Cc1ccc(C(C)CC(N)=S)s1. The Bertz CT molecular complexity index is 328. The van der Waals surface area contributed by atoms with E-state index in [9.17, 15) is 0 Å². The summed E-state index contributed by atoms with van der Waals surface area (Å²) in [7, 11) is 0. The fraction of sp³-hybridized carbons (Fsp3) is 0.583. The molecule has 0 aromatic carbocycles. The molecule has 2 N–H and O–H groups in total. The van der Waals surface area contributed by atoms with Crippen molar-refractivity contribution in [1.82, 2.24) is 0 Å².